The normalized spacial score (nSPS) is 27.3. The van der Waals surface area contributed by atoms with Crippen molar-refractivity contribution in [1.29, 1.82) is 0 Å². The van der Waals surface area contributed by atoms with Crippen LogP contribution in [-0.2, 0) is 4.79 Å². The standard InChI is InChI=1S/C19H23F3N4O2.ClH/c20-11-7-13(21)16(14(22)8-11)18(27)10-2-5-26(6-3-10)19(28)17-12-9-23-4-1-15(12)24-25-17;/h7-8,10,12,15,17,23-25H,1-6,9H2;1H. The molecule has 3 unspecified atom stereocenters. The van der Waals surface area contributed by atoms with Gasteiger partial charge in [-0.2, -0.15) is 0 Å². The molecule has 0 bridgehead atoms. The summed E-state index contributed by atoms with van der Waals surface area (Å²) in [4.78, 5) is 27.1. The minimum absolute atomic E-state index is 0. The van der Waals surface area contributed by atoms with Crippen molar-refractivity contribution < 1.29 is 22.8 Å². The molecule has 10 heteroatoms. The first-order valence-corrected chi connectivity index (χ1v) is 9.65. The number of ketones is 1. The van der Waals surface area contributed by atoms with E-state index in [9.17, 15) is 22.8 Å². The Bertz CT molecular complexity index is 766. The molecule has 0 spiro atoms. The first kappa shape index (κ1) is 22.0. The van der Waals surface area contributed by atoms with Crippen molar-refractivity contribution in [2.75, 3.05) is 26.2 Å². The molecule has 1 aromatic carbocycles. The predicted octanol–water partition coefficient (Wildman–Crippen LogP) is 1.40. The largest absolute Gasteiger partial charge is 0.341 e. The summed E-state index contributed by atoms with van der Waals surface area (Å²) in [5.41, 5.74) is 5.59. The van der Waals surface area contributed by atoms with Crippen molar-refractivity contribution >= 4 is 24.1 Å². The number of benzene rings is 1. The number of nitrogens with one attached hydrogen (secondary N) is 3. The monoisotopic (exact) mass is 432 g/mol. The molecule has 1 amide bonds. The molecule has 1 aromatic rings. The lowest BCUT2D eigenvalue weighted by molar-refractivity contribution is -0.135. The van der Waals surface area contributed by atoms with E-state index >= 15 is 0 Å². The minimum atomic E-state index is -1.18. The first-order chi connectivity index (χ1) is 13.5. The summed E-state index contributed by atoms with van der Waals surface area (Å²) in [6, 6.07) is 0.973. The number of carbonyl (C=O) groups excluding carboxylic acids is 2. The van der Waals surface area contributed by atoms with Gasteiger partial charge in [-0.3, -0.25) is 15.0 Å². The number of rotatable bonds is 3. The zero-order chi connectivity index (χ0) is 19.8. The number of fused-ring (bicyclic) bond motifs is 1. The summed E-state index contributed by atoms with van der Waals surface area (Å²) in [6.07, 6.45) is 1.60. The third kappa shape index (κ3) is 4.28. The van der Waals surface area contributed by atoms with E-state index in [2.05, 4.69) is 16.2 Å². The van der Waals surface area contributed by atoms with Gasteiger partial charge in [-0.15, -0.1) is 12.4 Å². The van der Waals surface area contributed by atoms with Crippen LogP contribution in [0.25, 0.3) is 0 Å². The first-order valence-electron chi connectivity index (χ1n) is 9.65. The van der Waals surface area contributed by atoms with E-state index in [1.807, 2.05) is 0 Å². The van der Waals surface area contributed by atoms with Crippen molar-refractivity contribution in [3.8, 4) is 0 Å². The van der Waals surface area contributed by atoms with Crippen LogP contribution in [0.3, 0.4) is 0 Å². The molecule has 29 heavy (non-hydrogen) atoms. The van der Waals surface area contributed by atoms with Crippen molar-refractivity contribution in [1.82, 2.24) is 21.1 Å². The van der Waals surface area contributed by atoms with Crippen LogP contribution in [0.15, 0.2) is 12.1 Å². The predicted molar refractivity (Wildman–Crippen MR) is 102 cm³/mol. The summed E-state index contributed by atoms with van der Waals surface area (Å²) in [5, 5.41) is 3.31. The van der Waals surface area contributed by atoms with E-state index < -0.39 is 34.7 Å². The van der Waals surface area contributed by atoms with Crippen LogP contribution in [-0.4, -0.2) is 54.9 Å². The highest BCUT2D eigenvalue weighted by Crippen LogP contribution is 2.27. The second kappa shape index (κ2) is 8.99. The molecular formula is C19H24ClF3N4O2. The van der Waals surface area contributed by atoms with Gasteiger partial charge in [0.15, 0.2) is 5.78 Å². The Morgan fingerprint density at radius 3 is 2.31 bits per heavy atom. The SMILES string of the molecule is Cl.O=C(c1c(F)cc(F)cc1F)C1CCN(C(=O)C2NNC3CCNCC32)CC1. The molecule has 0 radical (unpaired) electrons. The Balaban J connectivity index is 0.00000240. The van der Waals surface area contributed by atoms with E-state index in [1.165, 1.54) is 0 Å². The average molecular weight is 433 g/mol. The Morgan fingerprint density at radius 1 is 1.00 bits per heavy atom. The molecule has 3 N–H and O–H groups in total. The molecule has 3 heterocycles. The fourth-order valence-corrected chi connectivity index (χ4v) is 4.50. The number of carbonyl (C=O) groups is 2. The Morgan fingerprint density at radius 2 is 1.66 bits per heavy atom. The molecule has 0 aliphatic carbocycles. The van der Waals surface area contributed by atoms with Crippen molar-refractivity contribution in [2.45, 2.75) is 31.3 Å². The Kier molecular flexibility index (Phi) is 6.83. The Hall–Kier alpha value is -1.68. The minimum Gasteiger partial charge on any atom is -0.341 e. The molecule has 0 aromatic heterocycles. The van der Waals surface area contributed by atoms with Gasteiger partial charge in [0, 0.05) is 49.6 Å². The molecule has 3 fully saturated rings. The number of Topliss-reactive ketones (excluding diaryl/α,β-unsaturated/α-hetero) is 1. The number of hydrogen-bond donors (Lipinski definition) is 3. The summed E-state index contributed by atoms with van der Waals surface area (Å²) < 4.78 is 40.9. The molecule has 3 atom stereocenters. The smallest absolute Gasteiger partial charge is 0.241 e. The van der Waals surface area contributed by atoms with E-state index in [4.69, 9.17) is 0 Å². The molecule has 3 saturated heterocycles. The second-order valence-electron chi connectivity index (χ2n) is 7.74. The summed E-state index contributed by atoms with van der Waals surface area (Å²) >= 11 is 0. The molecule has 3 aliphatic rings. The third-order valence-corrected chi connectivity index (χ3v) is 6.08. The molecule has 160 valence electrons. The van der Waals surface area contributed by atoms with Crippen LogP contribution in [0.4, 0.5) is 13.2 Å². The number of hydrogen-bond acceptors (Lipinski definition) is 5. The fraction of sp³-hybridized carbons (Fsp3) is 0.579. The number of nitrogens with zero attached hydrogens (tertiary/aromatic N) is 1. The van der Waals surface area contributed by atoms with Crippen LogP contribution in [0, 0.1) is 29.3 Å². The van der Waals surface area contributed by atoms with Crippen molar-refractivity contribution in [3.05, 3.63) is 35.1 Å². The maximum absolute atomic E-state index is 13.9. The van der Waals surface area contributed by atoms with Gasteiger partial charge in [0.1, 0.15) is 23.5 Å². The molecule has 6 nitrogen and oxygen atoms in total. The fourth-order valence-electron chi connectivity index (χ4n) is 4.50. The lowest BCUT2D eigenvalue weighted by Crippen LogP contribution is -2.52. The van der Waals surface area contributed by atoms with E-state index in [0.717, 1.165) is 19.5 Å². The number of hydrazine groups is 1. The van der Waals surface area contributed by atoms with Gasteiger partial charge in [-0.1, -0.05) is 0 Å². The van der Waals surface area contributed by atoms with Crippen LogP contribution < -0.4 is 16.2 Å². The number of halogens is 4. The number of piperidine rings is 2. The maximum Gasteiger partial charge on any atom is 0.241 e. The van der Waals surface area contributed by atoms with E-state index in [1.54, 1.807) is 4.90 Å². The average Bonchev–Trinajstić information content (AvgIpc) is 3.11. The van der Waals surface area contributed by atoms with Gasteiger partial charge in [0.05, 0.1) is 5.56 Å². The molecular weight excluding hydrogens is 409 g/mol. The second-order valence-corrected chi connectivity index (χ2v) is 7.74. The van der Waals surface area contributed by atoms with Gasteiger partial charge < -0.3 is 10.2 Å². The Labute approximate surface area is 173 Å². The number of likely N-dealkylation sites (tertiary alicyclic amines) is 1. The lowest BCUT2D eigenvalue weighted by Gasteiger charge is -2.35. The van der Waals surface area contributed by atoms with Crippen molar-refractivity contribution in [3.63, 3.8) is 0 Å². The van der Waals surface area contributed by atoms with E-state index in [-0.39, 0.29) is 36.3 Å². The van der Waals surface area contributed by atoms with Gasteiger partial charge in [0.2, 0.25) is 5.91 Å². The van der Waals surface area contributed by atoms with Gasteiger partial charge in [-0.25, -0.2) is 18.6 Å². The highest BCUT2D eigenvalue weighted by Gasteiger charge is 2.43. The third-order valence-electron chi connectivity index (χ3n) is 6.08. The quantitative estimate of drug-likeness (QED) is 0.630. The lowest BCUT2D eigenvalue weighted by atomic mass is 9.86. The molecule has 0 saturated carbocycles. The van der Waals surface area contributed by atoms with Crippen LogP contribution in [0.1, 0.15) is 29.6 Å². The zero-order valence-electron chi connectivity index (χ0n) is 15.7. The topological polar surface area (TPSA) is 73.5 Å². The highest BCUT2D eigenvalue weighted by molar-refractivity contribution is 5.98. The van der Waals surface area contributed by atoms with Crippen LogP contribution in [0.5, 0.6) is 0 Å². The van der Waals surface area contributed by atoms with Gasteiger partial charge >= 0.3 is 0 Å². The number of amides is 1. The molecule has 3 aliphatic heterocycles. The summed E-state index contributed by atoms with van der Waals surface area (Å²) in [5.74, 6) is -4.52. The molecule has 4 rings (SSSR count). The van der Waals surface area contributed by atoms with Gasteiger partial charge in [-0.05, 0) is 25.8 Å². The van der Waals surface area contributed by atoms with E-state index in [0.29, 0.717) is 38.1 Å². The van der Waals surface area contributed by atoms with Crippen LogP contribution in [0.2, 0.25) is 0 Å². The summed E-state index contributed by atoms with van der Waals surface area (Å²) in [6.45, 7) is 2.38. The van der Waals surface area contributed by atoms with Gasteiger partial charge in [0.25, 0.3) is 0 Å². The summed E-state index contributed by atoms with van der Waals surface area (Å²) in [7, 11) is 0. The maximum atomic E-state index is 13.9. The van der Waals surface area contributed by atoms with Crippen LogP contribution >= 0.6 is 12.4 Å². The highest BCUT2D eigenvalue weighted by atomic mass is 35.5. The van der Waals surface area contributed by atoms with Crippen molar-refractivity contribution in [2.24, 2.45) is 11.8 Å². The zero-order valence-corrected chi connectivity index (χ0v) is 16.5.